The summed E-state index contributed by atoms with van der Waals surface area (Å²) in [5.74, 6) is -1.61. The van der Waals surface area contributed by atoms with Gasteiger partial charge in [0.2, 0.25) is 5.91 Å². The van der Waals surface area contributed by atoms with Gasteiger partial charge in [0, 0.05) is 12.1 Å². The Balaban J connectivity index is 1.80. The third-order valence-electron chi connectivity index (χ3n) is 4.41. The fraction of sp³-hybridized carbons (Fsp3) is 0.500. The van der Waals surface area contributed by atoms with Crippen molar-refractivity contribution in [2.24, 2.45) is 0 Å². The predicted molar refractivity (Wildman–Crippen MR) is 104 cm³/mol. The van der Waals surface area contributed by atoms with Crippen LogP contribution in [0.1, 0.15) is 39.5 Å². The molecule has 1 saturated carbocycles. The van der Waals surface area contributed by atoms with E-state index in [1.165, 1.54) is 12.1 Å². The topological polar surface area (TPSA) is 105 Å². The minimum atomic E-state index is -1.02. The molecular formula is C20H25N3O6. The van der Waals surface area contributed by atoms with Crippen LogP contribution in [0.5, 0.6) is 11.5 Å². The zero-order chi connectivity index (χ0) is 21.0. The first-order valence-corrected chi connectivity index (χ1v) is 9.85. The van der Waals surface area contributed by atoms with Crippen molar-refractivity contribution in [1.82, 2.24) is 10.2 Å². The lowest BCUT2D eigenvalue weighted by molar-refractivity contribution is -0.140. The monoisotopic (exact) mass is 403 g/mol. The molecule has 0 spiro atoms. The molecule has 156 valence electrons. The normalized spacial score (nSPS) is 16.4. The Bertz CT molecular complexity index is 820. The summed E-state index contributed by atoms with van der Waals surface area (Å²) in [5.41, 5.74) is 0.188. The minimum absolute atomic E-state index is 0.0936. The van der Waals surface area contributed by atoms with E-state index < -0.39 is 30.3 Å². The van der Waals surface area contributed by atoms with Gasteiger partial charge in [0.05, 0.1) is 18.9 Å². The van der Waals surface area contributed by atoms with Gasteiger partial charge in [-0.25, -0.2) is 14.6 Å². The van der Waals surface area contributed by atoms with Crippen LogP contribution < -0.4 is 19.7 Å². The SMILES string of the molecule is CCCOc1ccc(N2C(=O)C(=O)N(CC(=O)NC3CC3)C2=O)cc1OCCC. The molecule has 1 aliphatic heterocycles. The lowest BCUT2D eigenvalue weighted by atomic mass is 10.2. The van der Waals surface area contributed by atoms with Crippen molar-refractivity contribution < 1.29 is 28.7 Å². The summed E-state index contributed by atoms with van der Waals surface area (Å²) >= 11 is 0. The van der Waals surface area contributed by atoms with Crippen molar-refractivity contribution in [1.29, 1.82) is 0 Å². The zero-order valence-electron chi connectivity index (χ0n) is 16.6. The van der Waals surface area contributed by atoms with Gasteiger partial charge in [-0.1, -0.05) is 13.8 Å². The van der Waals surface area contributed by atoms with Gasteiger partial charge in [-0.15, -0.1) is 0 Å². The van der Waals surface area contributed by atoms with E-state index in [1.54, 1.807) is 6.07 Å². The van der Waals surface area contributed by atoms with Gasteiger partial charge in [-0.2, -0.15) is 0 Å². The smallest absolute Gasteiger partial charge is 0.339 e. The molecule has 0 unspecified atom stereocenters. The summed E-state index contributed by atoms with van der Waals surface area (Å²) in [4.78, 5) is 50.8. The largest absolute Gasteiger partial charge is 0.490 e. The molecule has 1 aromatic carbocycles. The highest BCUT2D eigenvalue weighted by atomic mass is 16.5. The number of benzene rings is 1. The highest BCUT2D eigenvalue weighted by Crippen LogP contribution is 2.34. The summed E-state index contributed by atoms with van der Waals surface area (Å²) in [6.07, 6.45) is 3.34. The number of amides is 5. The zero-order valence-corrected chi connectivity index (χ0v) is 16.6. The third kappa shape index (κ3) is 4.67. The van der Waals surface area contributed by atoms with Crippen LogP contribution in [0.3, 0.4) is 0 Å². The molecule has 0 radical (unpaired) electrons. The number of rotatable bonds is 10. The van der Waals surface area contributed by atoms with E-state index in [0.717, 1.165) is 30.6 Å². The van der Waals surface area contributed by atoms with E-state index in [-0.39, 0.29) is 11.7 Å². The van der Waals surface area contributed by atoms with Crippen molar-refractivity contribution >= 4 is 29.4 Å². The summed E-state index contributed by atoms with van der Waals surface area (Å²) in [6.45, 7) is 4.37. The maximum Gasteiger partial charge on any atom is 0.339 e. The predicted octanol–water partition coefficient (Wildman–Crippen LogP) is 1.84. The van der Waals surface area contributed by atoms with Crippen LogP contribution in [-0.4, -0.2) is 54.5 Å². The van der Waals surface area contributed by atoms with Crippen LogP contribution in [0.4, 0.5) is 10.5 Å². The first-order chi connectivity index (χ1) is 14.0. The van der Waals surface area contributed by atoms with Crippen molar-refractivity contribution in [3.05, 3.63) is 18.2 Å². The molecule has 0 atom stereocenters. The van der Waals surface area contributed by atoms with Gasteiger partial charge in [0.1, 0.15) is 6.54 Å². The molecule has 2 fully saturated rings. The molecule has 1 aliphatic carbocycles. The molecule has 29 heavy (non-hydrogen) atoms. The molecule has 9 heteroatoms. The summed E-state index contributed by atoms with van der Waals surface area (Å²) in [6, 6.07) is 3.85. The fourth-order valence-corrected chi connectivity index (χ4v) is 2.81. The number of hydrogen-bond donors (Lipinski definition) is 1. The molecule has 1 N–H and O–H groups in total. The van der Waals surface area contributed by atoms with Crippen LogP contribution in [0.15, 0.2) is 18.2 Å². The molecule has 0 bridgehead atoms. The number of imide groups is 2. The van der Waals surface area contributed by atoms with Crippen molar-refractivity contribution in [2.75, 3.05) is 24.7 Å². The van der Waals surface area contributed by atoms with Crippen LogP contribution in [0.25, 0.3) is 0 Å². The number of carbonyl (C=O) groups is 4. The number of urea groups is 1. The molecule has 1 aromatic rings. The molecule has 0 aromatic heterocycles. The Morgan fingerprint density at radius 2 is 1.69 bits per heavy atom. The van der Waals surface area contributed by atoms with Crippen molar-refractivity contribution in [3.63, 3.8) is 0 Å². The van der Waals surface area contributed by atoms with Gasteiger partial charge in [0.25, 0.3) is 0 Å². The molecule has 3 rings (SSSR count). The average molecular weight is 403 g/mol. The second-order valence-corrected chi connectivity index (χ2v) is 6.98. The lowest BCUT2D eigenvalue weighted by Crippen LogP contribution is -2.42. The van der Waals surface area contributed by atoms with Gasteiger partial charge >= 0.3 is 17.8 Å². The first-order valence-electron chi connectivity index (χ1n) is 9.85. The van der Waals surface area contributed by atoms with Crippen LogP contribution in [0.2, 0.25) is 0 Å². The minimum Gasteiger partial charge on any atom is -0.490 e. The van der Waals surface area contributed by atoms with Crippen LogP contribution in [0, 0.1) is 0 Å². The van der Waals surface area contributed by atoms with E-state index in [1.807, 2.05) is 13.8 Å². The Labute approximate surface area is 168 Å². The maximum absolute atomic E-state index is 12.7. The van der Waals surface area contributed by atoms with E-state index >= 15 is 0 Å². The van der Waals surface area contributed by atoms with Gasteiger partial charge in [0.15, 0.2) is 11.5 Å². The molecule has 5 amide bonds. The Kier molecular flexibility index (Phi) is 6.36. The number of ether oxygens (including phenoxy) is 2. The average Bonchev–Trinajstić information content (AvgIpc) is 3.49. The highest BCUT2D eigenvalue weighted by Gasteiger charge is 2.46. The van der Waals surface area contributed by atoms with Crippen molar-refractivity contribution in [2.45, 2.75) is 45.6 Å². The fourth-order valence-electron chi connectivity index (χ4n) is 2.81. The standard InChI is InChI=1S/C20H25N3O6/c1-3-9-28-15-8-7-14(11-16(15)29-10-4-2)23-19(26)18(25)22(20(23)27)12-17(24)21-13-5-6-13/h7-8,11,13H,3-6,9-10,12H2,1-2H3,(H,21,24). The number of hydrogen-bond acceptors (Lipinski definition) is 6. The molecule has 9 nitrogen and oxygen atoms in total. The number of anilines is 1. The highest BCUT2D eigenvalue weighted by molar-refractivity contribution is 6.53. The number of carbonyl (C=O) groups excluding carboxylic acids is 4. The molecule has 2 aliphatic rings. The molecular weight excluding hydrogens is 378 g/mol. The van der Waals surface area contributed by atoms with E-state index in [2.05, 4.69) is 5.32 Å². The number of nitrogens with one attached hydrogen (secondary N) is 1. The Hall–Kier alpha value is -3.10. The quantitative estimate of drug-likeness (QED) is 0.472. The molecule has 1 saturated heterocycles. The Morgan fingerprint density at radius 1 is 1.03 bits per heavy atom. The third-order valence-corrected chi connectivity index (χ3v) is 4.41. The Morgan fingerprint density at radius 3 is 2.31 bits per heavy atom. The summed E-state index contributed by atoms with van der Waals surface area (Å²) in [7, 11) is 0. The van der Waals surface area contributed by atoms with Crippen LogP contribution in [-0.2, 0) is 14.4 Å². The van der Waals surface area contributed by atoms with E-state index in [4.69, 9.17) is 9.47 Å². The van der Waals surface area contributed by atoms with Crippen molar-refractivity contribution in [3.8, 4) is 11.5 Å². The van der Waals surface area contributed by atoms with Crippen LogP contribution >= 0.6 is 0 Å². The van der Waals surface area contributed by atoms with E-state index in [0.29, 0.717) is 29.6 Å². The summed E-state index contributed by atoms with van der Waals surface area (Å²) in [5, 5.41) is 2.70. The second-order valence-electron chi connectivity index (χ2n) is 6.98. The summed E-state index contributed by atoms with van der Waals surface area (Å²) < 4.78 is 11.3. The maximum atomic E-state index is 12.7. The first kappa shape index (κ1) is 20.6. The molecule has 1 heterocycles. The van der Waals surface area contributed by atoms with Gasteiger partial charge in [-0.3, -0.25) is 14.4 Å². The van der Waals surface area contributed by atoms with Gasteiger partial charge in [-0.05, 0) is 37.8 Å². The van der Waals surface area contributed by atoms with Gasteiger partial charge < -0.3 is 14.8 Å². The lowest BCUT2D eigenvalue weighted by Gasteiger charge is -2.18. The number of nitrogens with zero attached hydrogens (tertiary/aromatic N) is 2. The van der Waals surface area contributed by atoms with E-state index in [9.17, 15) is 19.2 Å². The second kappa shape index (κ2) is 8.93.